The third kappa shape index (κ3) is 2.48. The minimum atomic E-state index is -0.365. The van der Waals surface area contributed by atoms with E-state index in [1.165, 1.54) is 0 Å². The van der Waals surface area contributed by atoms with Crippen molar-refractivity contribution in [2.45, 2.75) is 20.4 Å². The van der Waals surface area contributed by atoms with E-state index in [1.807, 2.05) is 13.0 Å². The highest BCUT2D eigenvalue weighted by Crippen LogP contribution is 2.26. The fraction of sp³-hybridized carbons (Fsp3) is 0.250. The summed E-state index contributed by atoms with van der Waals surface area (Å²) >= 11 is 0. The number of hydrogen-bond acceptors (Lipinski definition) is 4. The van der Waals surface area contributed by atoms with E-state index in [0.29, 0.717) is 12.1 Å². The van der Waals surface area contributed by atoms with Crippen LogP contribution >= 0.6 is 0 Å². The van der Waals surface area contributed by atoms with Crippen molar-refractivity contribution in [2.75, 3.05) is 5.32 Å². The summed E-state index contributed by atoms with van der Waals surface area (Å²) in [5.74, 6) is 0. The van der Waals surface area contributed by atoms with Crippen molar-refractivity contribution in [3.05, 3.63) is 51.6 Å². The molecule has 0 aliphatic carbocycles. The Labute approximate surface area is 104 Å². The van der Waals surface area contributed by atoms with Gasteiger partial charge in [0.15, 0.2) is 0 Å². The van der Waals surface area contributed by atoms with Crippen molar-refractivity contribution in [3.8, 4) is 0 Å². The lowest BCUT2D eigenvalue weighted by atomic mass is 10.1. The third-order valence-corrected chi connectivity index (χ3v) is 2.76. The lowest BCUT2D eigenvalue weighted by molar-refractivity contribution is -0.385. The van der Waals surface area contributed by atoms with Crippen LogP contribution in [0.5, 0.6) is 0 Å². The molecule has 6 nitrogen and oxygen atoms in total. The van der Waals surface area contributed by atoms with Gasteiger partial charge in [0.1, 0.15) is 0 Å². The average Bonchev–Trinajstić information content (AvgIpc) is 2.80. The molecule has 2 rings (SSSR count). The number of aromatic amines is 1. The Kier molecular flexibility index (Phi) is 3.27. The number of imidazole rings is 1. The van der Waals surface area contributed by atoms with Crippen LogP contribution < -0.4 is 5.32 Å². The Morgan fingerprint density at radius 3 is 2.78 bits per heavy atom. The molecule has 6 heteroatoms. The van der Waals surface area contributed by atoms with Crippen molar-refractivity contribution in [1.29, 1.82) is 0 Å². The Balaban J connectivity index is 2.22. The van der Waals surface area contributed by atoms with Crippen LogP contribution in [-0.4, -0.2) is 14.9 Å². The quantitative estimate of drug-likeness (QED) is 0.641. The topological polar surface area (TPSA) is 83.8 Å². The van der Waals surface area contributed by atoms with Crippen LogP contribution in [0.4, 0.5) is 11.4 Å². The summed E-state index contributed by atoms with van der Waals surface area (Å²) in [6, 6.07) is 3.38. The summed E-state index contributed by atoms with van der Waals surface area (Å²) in [7, 11) is 0. The van der Waals surface area contributed by atoms with Crippen molar-refractivity contribution in [1.82, 2.24) is 9.97 Å². The van der Waals surface area contributed by atoms with Crippen molar-refractivity contribution >= 4 is 11.4 Å². The molecule has 0 aliphatic heterocycles. The number of nitro benzene ring substituents is 1. The van der Waals surface area contributed by atoms with Gasteiger partial charge in [-0.15, -0.1) is 0 Å². The minimum absolute atomic E-state index is 0.132. The van der Waals surface area contributed by atoms with Crippen molar-refractivity contribution in [2.24, 2.45) is 0 Å². The van der Waals surface area contributed by atoms with E-state index >= 15 is 0 Å². The van der Waals surface area contributed by atoms with Crippen molar-refractivity contribution < 1.29 is 4.92 Å². The Hall–Kier alpha value is -2.37. The number of rotatable bonds is 4. The first-order chi connectivity index (χ1) is 8.58. The zero-order chi connectivity index (χ0) is 13.1. The van der Waals surface area contributed by atoms with Crippen molar-refractivity contribution in [3.63, 3.8) is 0 Å². The molecule has 0 fully saturated rings. The summed E-state index contributed by atoms with van der Waals surface area (Å²) in [6.07, 6.45) is 3.31. The smallest absolute Gasteiger partial charge is 0.274 e. The van der Waals surface area contributed by atoms with E-state index in [1.54, 1.807) is 25.5 Å². The van der Waals surface area contributed by atoms with Gasteiger partial charge in [-0.3, -0.25) is 10.1 Å². The van der Waals surface area contributed by atoms with Gasteiger partial charge in [0.05, 0.1) is 23.5 Å². The van der Waals surface area contributed by atoms with E-state index in [0.717, 1.165) is 16.9 Å². The van der Waals surface area contributed by atoms with Gasteiger partial charge in [-0.2, -0.15) is 0 Å². The lowest BCUT2D eigenvalue weighted by Crippen LogP contribution is -2.03. The predicted octanol–water partition coefficient (Wildman–Crippen LogP) is 2.55. The number of anilines is 1. The summed E-state index contributed by atoms with van der Waals surface area (Å²) < 4.78 is 0. The van der Waals surface area contributed by atoms with Gasteiger partial charge >= 0.3 is 0 Å². The van der Waals surface area contributed by atoms with Crippen LogP contribution in [0, 0.1) is 24.0 Å². The Bertz CT molecular complexity index is 564. The second kappa shape index (κ2) is 4.87. The summed E-state index contributed by atoms with van der Waals surface area (Å²) in [5.41, 5.74) is 3.48. The SMILES string of the molecule is Cc1cc(C)c([N+](=O)[O-])cc1NCc1cnc[nH]1. The zero-order valence-electron chi connectivity index (χ0n) is 10.2. The number of aromatic nitrogens is 2. The van der Waals surface area contributed by atoms with E-state index in [2.05, 4.69) is 15.3 Å². The minimum Gasteiger partial charge on any atom is -0.379 e. The Morgan fingerprint density at radius 1 is 1.39 bits per heavy atom. The largest absolute Gasteiger partial charge is 0.379 e. The highest BCUT2D eigenvalue weighted by atomic mass is 16.6. The summed E-state index contributed by atoms with van der Waals surface area (Å²) in [6.45, 7) is 4.22. The molecule has 1 heterocycles. The fourth-order valence-electron chi connectivity index (χ4n) is 1.80. The highest BCUT2D eigenvalue weighted by Gasteiger charge is 2.13. The molecule has 0 amide bonds. The first-order valence-corrected chi connectivity index (χ1v) is 5.54. The molecular formula is C12H14N4O2. The maximum atomic E-state index is 10.9. The monoisotopic (exact) mass is 246 g/mol. The van der Waals surface area contributed by atoms with E-state index in [4.69, 9.17) is 0 Å². The van der Waals surface area contributed by atoms with Gasteiger partial charge in [0.25, 0.3) is 5.69 Å². The molecule has 1 aromatic heterocycles. The maximum Gasteiger partial charge on any atom is 0.274 e. The average molecular weight is 246 g/mol. The molecule has 2 N–H and O–H groups in total. The predicted molar refractivity (Wildman–Crippen MR) is 68.5 cm³/mol. The molecule has 0 bridgehead atoms. The molecule has 1 aromatic carbocycles. The molecule has 2 aromatic rings. The number of H-pyrrole nitrogens is 1. The molecule has 0 radical (unpaired) electrons. The van der Waals surface area contributed by atoms with Gasteiger partial charge in [-0.25, -0.2) is 4.98 Å². The summed E-state index contributed by atoms with van der Waals surface area (Å²) in [4.78, 5) is 17.4. The van der Waals surface area contributed by atoms with Gasteiger partial charge in [0.2, 0.25) is 0 Å². The van der Waals surface area contributed by atoms with Gasteiger partial charge < -0.3 is 10.3 Å². The number of nitrogens with zero attached hydrogens (tertiary/aromatic N) is 2. The van der Waals surface area contributed by atoms with Crippen LogP contribution in [0.2, 0.25) is 0 Å². The number of aryl methyl sites for hydroxylation is 2. The molecule has 0 atom stereocenters. The second-order valence-corrected chi connectivity index (χ2v) is 4.14. The second-order valence-electron chi connectivity index (χ2n) is 4.14. The van der Waals surface area contributed by atoms with E-state index in [-0.39, 0.29) is 10.6 Å². The molecule has 0 saturated carbocycles. The van der Waals surface area contributed by atoms with Crippen LogP contribution in [0.1, 0.15) is 16.8 Å². The molecule has 94 valence electrons. The molecule has 0 saturated heterocycles. The first kappa shape index (κ1) is 12.1. The highest BCUT2D eigenvalue weighted by molar-refractivity contribution is 5.60. The first-order valence-electron chi connectivity index (χ1n) is 5.54. The number of nitrogens with one attached hydrogen (secondary N) is 2. The fourth-order valence-corrected chi connectivity index (χ4v) is 1.80. The van der Waals surface area contributed by atoms with Crippen LogP contribution in [0.25, 0.3) is 0 Å². The molecule has 18 heavy (non-hydrogen) atoms. The van der Waals surface area contributed by atoms with Gasteiger partial charge in [0, 0.05) is 23.5 Å². The van der Waals surface area contributed by atoms with Gasteiger partial charge in [-0.05, 0) is 25.5 Å². The maximum absolute atomic E-state index is 10.9. The number of hydrogen-bond donors (Lipinski definition) is 2. The number of nitro groups is 1. The standard InChI is InChI=1S/C12H14N4O2/c1-8-3-9(2)12(16(17)18)4-11(8)14-6-10-5-13-7-15-10/h3-5,7,14H,6H2,1-2H3,(H,13,15). The van der Waals surface area contributed by atoms with Crippen LogP contribution in [0.15, 0.2) is 24.7 Å². The lowest BCUT2D eigenvalue weighted by Gasteiger charge is -2.09. The van der Waals surface area contributed by atoms with E-state index < -0.39 is 0 Å². The molecule has 0 aliphatic rings. The molecule has 0 unspecified atom stereocenters. The van der Waals surface area contributed by atoms with Gasteiger partial charge in [-0.1, -0.05) is 0 Å². The summed E-state index contributed by atoms with van der Waals surface area (Å²) in [5, 5.41) is 14.0. The molecule has 0 spiro atoms. The van der Waals surface area contributed by atoms with E-state index in [9.17, 15) is 10.1 Å². The molecular weight excluding hydrogens is 232 g/mol. The third-order valence-electron chi connectivity index (χ3n) is 2.76. The zero-order valence-corrected chi connectivity index (χ0v) is 10.2. The van der Waals surface area contributed by atoms with Crippen LogP contribution in [0.3, 0.4) is 0 Å². The number of benzene rings is 1. The normalized spacial score (nSPS) is 10.3. The van der Waals surface area contributed by atoms with Crippen LogP contribution in [-0.2, 0) is 6.54 Å². The Morgan fingerprint density at radius 2 is 2.17 bits per heavy atom.